The summed E-state index contributed by atoms with van der Waals surface area (Å²) in [5.41, 5.74) is 0.106. The number of halogens is 3. The Balaban J connectivity index is 2.47. The third-order valence-electron chi connectivity index (χ3n) is 2.61. The summed E-state index contributed by atoms with van der Waals surface area (Å²) in [6.45, 7) is 4.06. The van der Waals surface area contributed by atoms with Crippen molar-refractivity contribution in [1.82, 2.24) is 0 Å². The van der Waals surface area contributed by atoms with Crippen LogP contribution in [0.2, 0.25) is 0 Å². The highest BCUT2D eigenvalue weighted by molar-refractivity contribution is 5.02. The van der Waals surface area contributed by atoms with Gasteiger partial charge in [0.2, 0.25) is 0 Å². The van der Waals surface area contributed by atoms with Crippen LogP contribution in [0.4, 0.5) is 13.2 Å². The molecule has 0 amide bonds. The molecule has 0 aromatic rings. The Morgan fingerprint density at radius 3 is 1.83 bits per heavy atom. The molecular formula is C9H14F3. The second-order valence-corrected chi connectivity index (χ2v) is 4.27. The summed E-state index contributed by atoms with van der Waals surface area (Å²) in [6.07, 6.45) is -2.24. The topological polar surface area (TPSA) is 0 Å². The van der Waals surface area contributed by atoms with Crippen molar-refractivity contribution in [2.45, 2.75) is 45.7 Å². The van der Waals surface area contributed by atoms with Crippen LogP contribution in [0.1, 0.15) is 39.5 Å². The minimum Gasteiger partial charge on any atom is -0.170 e. The standard InChI is InChI=1S/C9H14F3/c1-8(2)5-3-7(4-6-8)9(10,11)12/h3-6H2,1-2H3. The number of rotatable bonds is 0. The lowest BCUT2D eigenvalue weighted by molar-refractivity contribution is -0.124. The fourth-order valence-corrected chi connectivity index (χ4v) is 1.51. The highest BCUT2D eigenvalue weighted by Crippen LogP contribution is 2.45. The van der Waals surface area contributed by atoms with E-state index >= 15 is 0 Å². The van der Waals surface area contributed by atoms with E-state index in [9.17, 15) is 13.2 Å². The van der Waals surface area contributed by atoms with Gasteiger partial charge in [0.25, 0.3) is 0 Å². The highest BCUT2D eigenvalue weighted by Gasteiger charge is 2.43. The van der Waals surface area contributed by atoms with E-state index in [1.54, 1.807) is 0 Å². The minimum absolute atomic E-state index is 0.106. The molecule has 0 atom stereocenters. The second kappa shape index (κ2) is 2.93. The highest BCUT2D eigenvalue weighted by atomic mass is 19.4. The first-order valence-electron chi connectivity index (χ1n) is 4.23. The van der Waals surface area contributed by atoms with Gasteiger partial charge in [0.05, 0.1) is 5.92 Å². The van der Waals surface area contributed by atoms with Crippen LogP contribution in [0.15, 0.2) is 0 Å². The summed E-state index contributed by atoms with van der Waals surface area (Å²) in [4.78, 5) is 0. The summed E-state index contributed by atoms with van der Waals surface area (Å²) in [5, 5.41) is 0. The van der Waals surface area contributed by atoms with Crippen molar-refractivity contribution < 1.29 is 13.2 Å². The predicted octanol–water partition coefficient (Wildman–Crippen LogP) is 3.72. The Labute approximate surface area is 71.1 Å². The first kappa shape index (κ1) is 9.87. The van der Waals surface area contributed by atoms with Crippen LogP contribution in [-0.2, 0) is 0 Å². The van der Waals surface area contributed by atoms with Crippen LogP contribution < -0.4 is 0 Å². The van der Waals surface area contributed by atoms with E-state index in [1.165, 1.54) is 0 Å². The average Bonchev–Trinajstić information content (AvgIpc) is 1.83. The average molecular weight is 179 g/mol. The molecule has 1 saturated carbocycles. The number of alkyl halides is 3. The third kappa shape index (κ3) is 2.39. The lowest BCUT2D eigenvalue weighted by atomic mass is 9.73. The smallest absolute Gasteiger partial charge is 0.170 e. The molecule has 0 unspecified atom stereocenters. The zero-order chi connectivity index (χ0) is 9.41. The molecule has 0 heterocycles. The summed E-state index contributed by atoms with van der Waals surface area (Å²) in [7, 11) is 0. The largest absolute Gasteiger partial charge is 0.395 e. The molecule has 1 rings (SSSR count). The molecule has 1 aliphatic carbocycles. The Hall–Kier alpha value is -0.210. The molecule has 1 radical (unpaired) electrons. The molecule has 0 aromatic carbocycles. The van der Waals surface area contributed by atoms with Gasteiger partial charge in [0, 0.05) is 0 Å². The van der Waals surface area contributed by atoms with E-state index < -0.39 is 6.18 Å². The summed E-state index contributed by atoms with van der Waals surface area (Å²) in [6, 6.07) is 0. The molecule has 0 spiro atoms. The van der Waals surface area contributed by atoms with E-state index in [4.69, 9.17) is 0 Å². The van der Waals surface area contributed by atoms with Crippen molar-refractivity contribution in [3.63, 3.8) is 0 Å². The maximum atomic E-state index is 12.2. The third-order valence-corrected chi connectivity index (χ3v) is 2.61. The Kier molecular flexibility index (Phi) is 2.41. The van der Waals surface area contributed by atoms with Crippen LogP contribution in [0.25, 0.3) is 0 Å². The van der Waals surface area contributed by atoms with Gasteiger partial charge in [-0.05, 0) is 31.1 Å². The van der Waals surface area contributed by atoms with Gasteiger partial charge in [0.15, 0.2) is 0 Å². The summed E-state index contributed by atoms with van der Waals surface area (Å²) in [5.74, 6) is -0.221. The van der Waals surface area contributed by atoms with E-state index in [0.29, 0.717) is 12.8 Å². The molecule has 71 valence electrons. The first-order valence-corrected chi connectivity index (χ1v) is 4.23. The Morgan fingerprint density at radius 1 is 1.08 bits per heavy atom. The molecule has 0 nitrogen and oxygen atoms in total. The van der Waals surface area contributed by atoms with Crippen molar-refractivity contribution in [3.05, 3.63) is 5.92 Å². The van der Waals surface area contributed by atoms with Crippen LogP contribution in [0, 0.1) is 11.3 Å². The molecule has 0 saturated heterocycles. The second-order valence-electron chi connectivity index (χ2n) is 4.27. The van der Waals surface area contributed by atoms with Crippen molar-refractivity contribution >= 4 is 0 Å². The van der Waals surface area contributed by atoms with Gasteiger partial charge in [-0.2, -0.15) is 13.2 Å². The van der Waals surface area contributed by atoms with Crippen molar-refractivity contribution in [1.29, 1.82) is 0 Å². The van der Waals surface area contributed by atoms with E-state index in [1.807, 2.05) is 13.8 Å². The number of hydrogen-bond donors (Lipinski definition) is 0. The molecule has 12 heavy (non-hydrogen) atoms. The van der Waals surface area contributed by atoms with E-state index in [2.05, 4.69) is 0 Å². The molecule has 3 heteroatoms. The molecule has 1 fully saturated rings. The van der Waals surface area contributed by atoms with E-state index in [-0.39, 0.29) is 24.2 Å². The van der Waals surface area contributed by atoms with Crippen molar-refractivity contribution in [3.8, 4) is 0 Å². The first-order chi connectivity index (χ1) is 5.31. The van der Waals surface area contributed by atoms with Gasteiger partial charge in [-0.1, -0.05) is 13.8 Å². The van der Waals surface area contributed by atoms with Crippen LogP contribution in [-0.4, -0.2) is 6.18 Å². The zero-order valence-electron chi connectivity index (χ0n) is 7.46. The molecule has 0 aromatic heterocycles. The lowest BCUT2D eigenvalue weighted by Gasteiger charge is -2.34. The van der Waals surface area contributed by atoms with Crippen LogP contribution >= 0.6 is 0 Å². The monoisotopic (exact) mass is 179 g/mol. The maximum absolute atomic E-state index is 12.2. The minimum atomic E-state index is -4.05. The molecule has 0 bridgehead atoms. The molecule has 0 aliphatic heterocycles. The van der Waals surface area contributed by atoms with Gasteiger partial charge in [-0.3, -0.25) is 0 Å². The van der Waals surface area contributed by atoms with Gasteiger partial charge in [-0.25, -0.2) is 0 Å². The van der Waals surface area contributed by atoms with Gasteiger partial charge >= 0.3 is 6.18 Å². The fraction of sp³-hybridized carbons (Fsp3) is 0.889. The van der Waals surface area contributed by atoms with Gasteiger partial charge in [-0.15, -0.1) is 0 Å². The lowest BCUT2D eigenvalue weighted by Crippen LogP contribution is -2.29. The van der Waals surface area contributed by atoms with E-state index in [0.717, 1.165) is 0 Å². The molecule has 0 N–H and O–H groups in total. The summed E-state index contributed by atoms with van der Waals surface area (Å²) >= 11 is 0. The number of hydrogen-bond acceptors (Lipinski definition) is 0. The van der Waals surface area contributed by atoms with Crippen LogP contribution in [0.3, 0.4) is 0 Å². The zero-order valence-corrected chi connectivity index (χ0v) is 7.46. The quantitative estimate of drug-likeness (QED) is 0.531. The summed E-state index contributed by atoms with van der Waals surface area (Å²) < 4.78 is 36.5. The Bertz CT molecular complexity index is 148. The SMILES string of the molecule is CC1(C)CC[C](C(F)(F)F)CC1. The van der Waals surface area contributed by atoms with Gasteiger partial charge in [0.1, 0.15) is 0 Å². The Morgan fingerprint density at radius 2 is 1.50 bits per heavy atom. The maximum Gasteiger partial charge on any atom is 0.395 e. The normalized spacial score (nSPS) is 25.8. The van der Waals surface area contributed by atoms with Gasteiger partial charge < -0.3 is 0 Å². The van der Waals surface area contributed by atoms with Crippen molar-refractivity contribution in [2.24, 2.45) is 5.41 Å². The van der Waals surface area contributed by atoms with Crippen molar-refractivity contribution in [2.75, 3.05) is 0 Å². The molecular weight excluding hydrogens is 165 g/mol. The fourth-order valence-electron chi connectivity index (χ4n) is 1.51. The predicted molar refractivity (Wildman–Crippen MR) is 41.5 cm³/mol. The molecule has 1 aliphatic rings. The van der Waals surface area contributed by atoms with Crippen LogP contribution in [0.5, 0.6) is 0 Å².